The highest BCUT2D eigenvalue weighted by Gasteiger charge is 2.22. The van der Waals surface area contributed by atoms with Gasteiger partial charge in [0.05, 0.1) is 0 Å². The maximum Gasteiger partial charge on any atom is 0.233 e. The van der Waals surface area contributed by atoms with E-state index in [4.69, 9.17) is 15.7 Å². The summed E-state index contributed by atoms with van der Waals surface area (Å²) < 4.78 is 3.94. The Kier molecular flexibility index (Phi) is 5.04. The molecule has 154 valence electrons. The summed E-state index contributed by atoms with van der Waals surface area (Å²) >= 11 is 0. The number of hydrogen-bond acceptors (Lipinski definition) is 6. The summed E-state index contributed by atoms with van der Waals surface area (Å²) in [6, 6.07) is 12.1. The highest BCUT2D eigenvalue weighted by molar-refractivity contribution is 5.84. The lowest BCUT2D eigenvalue weighted by Crippen LogP contribution is -2.17. The Bertz CT molecular complexity index is 1110. The van der Waals surface area contributed by atoms with Crippen molar-refractivity contribution in [2.24, 2.45) is 5.92 Å². The van der Waals surface area contributed by atoms with Crippen LogP contribution < -0.4 is 11.1 Å². The van der Waals surface area contributed by atoms with Crippen LogP contribution in [-0.2, 0) is 13.1 Å². The van der Waals surface area contributed by atoms with Gasteiger partial charge in [0.1, 0.15) is 0 Å². The highest BCUT2D eigenvalue weighted by atomic mass is 15.4. The van der Waals surface area contributed by atoms with E-state index in [-0.39, 0.29) is 0 Å². The van der Waals surface area contributed by atoms with E-state index in [1.165, 1.54) is 32.1 Å². The van der Waals surface area contributed by atoms with Gasteiger partial charge in [-0.2, -0.15) is 15.1 Å². The molecule has 0 saturated heterocycles. The van der Waals surface area contributed by atoms with Crippen molar-refractivity contribution in [3.63, 3.8) is 0 Å². The molecule has 1 saturated carbocycles. The molecule has 3 aromatic heterocycles. The first kappa shape index (κ1) is 18.6. The van der Waals surface area contributed by atoms with E-state index in [0.717, 1.165) is 23.7 Å². The minimum atomic E-state index is 0.381. The van der Waals surface area contributed by atoms with Gasteiger partial charge in [0, 0.05) is 25.5 Å². The molecule has 0 spiro atoms. The number of fused-ring (bicyclic) bond motifs is 1. The van der Waals surface area contributed by atoms with Crippen LogP contribution in [0.4, 0.5) is 11.8 Å². The Morgan fingerprint density at radius 2 is 1.83 bits per heavy atom. The van der Waals surface area contributed by atoms with Crippen molar-refractivity contribution in [1.29, 1.82) is 0 Å². The molecular weight excluding hydrogens is 376 g/mol. The number of nitrogens with one attached hydrogen (secondary N) is 1. The third-order valence-corrected chi connectivity index (χ3v) is 5.77. The molecule has 8 nitrogen and oxygen atoms in total. The first-order chi connectivity index (χ1) is 14.8. The third kappa shape index (κ3) is 3.72. The number of nitrogens with two attached hydrogens (primary N) is 1. The molecule has 0 bridgehead atoms. The Hall–Kier alpha value is -3.42. The van der Waals surface area contributed by atoms with Crippen LogP contribution in [0.15, 0.2) is 48.8 Å². The second-order valence-electron chi connectivity index (χ2n) is 7.92. The van der Waals surface area contributed by atoms with Crippen molar-refractivity contribution in [3.8, 4) is 5.95 Å². The molecule has 3 N–H and O–H groups in total. The van der Waals surface area contributed by atoms with Crippen LogP contribution in [0.5, 0.6) is 0 Å². The van der Waals surface area contributed by atoms with E-state index in [2.05, 4.69) is 32.1 Å². The first-order valence-corrected chi connectivity index (χ1v) is 10.6. The van der Waals surface area contributed by atoms with Gasteiger partial charge in [0.2, 0.25) is 11.9 Å². The summed E-state index contributed by atoms with van der Waals surface area (Å²) in [5, 5.41) is 7.70. The molecule has 0 radical (unpaired) electrons. The Morgan fingerprint density at radius 1 is 1.00 bits per heavy atom. The zero-order valence-electron chi connectivity index (χ0n) is 16.9. The molecule has 1 aromatic carbocycles. The average Bonchev–Trinajstić information content (AvgIpc) is 3.43. The largest absolute Gasteiger partial charge is 0.382 e. The molecule has 5 rings (SSSR count). The topological polar surface area (TPSA) is 99.5 Å². The van der Waals surface area contributed by atoms with Crippen LogP contribution >= 0.6 is 0 Å². The molecule has 1 fully saturated rings. The minimum Gasteiger partial charge on any atom is -0.382 e. The minimum absolute atomic E-state index is 0.381. The maximum absolute atomic E-state index is 6.30. The van der Waals surface area contributed by atoms with Crippen molar-refractivity contribution in [3.05, 3.63) is 54.4 Å². The summed E-state index contributed by atoms with van der Waals surface area (Å²) in [4.78, 5) is 14.0. The standard InChI is InChI=1S/C22H26N8/c23-19-18-20(28-21(27-19)24-14-16-8-3-1-4-9-16)29(15-17-10-5-2-6-11-17)22(26-18)30-13-7-12-25-30/h1,3-4,7-9,12-13,17H,2,5-6,10-11,14-15H2,(H3,23,24,27,28). The molecule has 0 aliphatic heterocycles. The molecule has 30 heavy (non-hydrogen) atoms. The summed E-state index contributed by atoms with van der Waals surface area (Å²) in [5.74, 6) is 2.25. The van der Waals surface area contributed by atoms with E-state index in [1.807, 2.05) is 30.5 Å². The number of anilines is 2. The summed E-state index contributed by atoms with van der Waals surface area (Å²) in [6.07, 6.45) is 10.0. The predicted molar refractivity (Wildman–Crippen MR) is 117 cm³/mol. The van der Waals surface area contributed by atoms with Crippen molar-refractivity contribution in [2.45, 2.75) is 45.2 Å². The van der Waals surface area contributed by atoms with Gasteiger partial charge < -0.3 is 11.1 Å². The maximum atomic E-state index is 6.30. The van der Waals surface area contributed by atoms with Crippen molar-refractivity contribution < 1.29 is 0 Å². The van der Waals surface area contributed by atoms with Crippen LogP contribution in [0.1, 0.15) is 37.7 Å². The molecule has 0 amide bonds. The van der Waals surface area contributed by atoms with E-state index in [1.54, 1.807) is 10.9 Å². The van der Waals surface area contributed by atoms with Crippen LogP contribution in [0, 0.1) is 5.92 Å². The second-order valence-corrected chi connectivity index (χ2v) is 7.92. The zero-order chi connectivity index (χ0) is 20.3. The molecule has 3 heterocycles. The van der Waals surface area contributed by atoms with Gasteiger partial charge in [-0.3, -0.25) is 4.57 Å². The molecule has 1 aliphatic carbocycles. The lowest BCUT2D eigenvalue weighted by molar-refractivity contribution is 0.320. The zero-order valence-corrected chi connectivity index (χ0v) is 16.9. The van der Waals surface area contributed by atoms with E-state index in [0.29, 0.717) is 29.7 Å². The predicted octanol–water partition coefficient (Wildman–Crippen LogP) is 3.79. The summed E-state index contributed by atoms with van der Waals surface area (Å²) in [6.45, 7) is 1.49. The van der Waals surface area contributed by atoms with Gasteiger partial charge >= 0.3 is 0 Å². The number of rotatable bonds is 6. The normalized spacial score (nSPS) is 14.9. The Labute approximate surface area is 175 Å². The van der Waals surface area contributed by atoms with E-state index >= 15 is 0 Å². The molecule has 0 unspecified atom stereocenters. The smallest absolute Gasteiger partial charge is 0.233 e. The van der Waals surface area contributed by atoms with E-state index in [9.17, 15) is 0 Å². The lowest BCUT2D eigenvalue weighted by atomic mass is 9.89. The highest BCUT2D eigenvalue weighted by Crippen LogP contribution is 2.29. The van der Waals surface area contributed by atoms with Gasteiger partial charge in [-0.15, -0.1) is 0 Å². The van der Waals surface area contributed by atoms with Gasteiger partial charge in [0.15, 0.2) is 17.0 Å². The number of aromatic nitrogens is 6. The van der Waals surface area contributed by atoms with Gasteiger partial charge in [-0.1, -0.05) is 49.6 Å². The molecule has 1 aliphatic rings. The molecule has 0 atom stereocenters. The summed E-state index contributed by atoms with van der Waals surface area (Å²) in [7, 11) is 0. The van der Waals surface area contributed by atoms with Crippen LogP contribution in [0.3, 0.4) is 0 Å². The Balaban J connectivity index is 1.53. The number of nitrogen functional groups attached to an aromatic ring is 1. The molecule has 8 heteroatoms. The molecular formula is C22H26N8. The quantitative estimate of drug-likeness (QED) is 0.509. The number of nitrogens with zero attached hydrogens (tertiary/aromatic N) is 6. The fourth-order valence-corrected chi connectivity index (χ4v) is 4.22. The van der Waals surface area contributed by atoms with Gasteiger partial charge in [0.25, 0.3) is 0 Å². The fourth-order valence-electron chi connectivity index (χ4n) is 4.22. The average molecular weight is 403 g/mol. The Morgan fingerprint density at radius 3 is 2.60 bits per heavy atom. The SMILES string of the molecule is Nc1nc(NCc2ccccc2)nc2c1nc(-n1cccn1)n2CC1CCCCC1. The third-order valence-electron chi connectivity index (χ3n) is 5.77. The monoisotopic (exact) mass is 402 g/mol. The van der Waals surface area contributed by atoms with E-state index < -0.39 is 0 Å². The number of benzene rings is 1. The second kappa shape index (κ2) is 8.14. The summed E-state index contributed by atoms with van der Waals surface area (Å²) in [5.41, 5.74) is 8.84. The van der Waals surface area contributed by atoms with Crippen LogP contribution in [0.2, 0.25) is 0 Å². The lowest BCUT2D eigenvalue weighted by Gasteiger charge is -2.22. The van der Waals surface area contributed by atoms with Crippen molar-refractivity contribution in [1.82, 2.24) is 29.3 Å². The van der Waals surface area contributed by atoms with Crippen molar-refractivity contribution in [2.75, 3.05) is 11.1 Å². The number of hydrogen-bond donors (Lipinski definition) is 2. The van der Waals surface area contributed by atoms with Gasteiger partial charge in [-0.05, 0) is 30.4 Å². The fraction of sp³-hybridized carbons (Fsp3) is 0.364. The van der Waals surface area contributed by atoms with Gasteiger partial charge in [-0.25, -0.2) is 9.67 Å². The molecule has 4 aromatic rings. The first-order valence-electron chi connectivity index (χ1n) is 10.6. The van der Waals surface area contributed by atoms with Crippen LogP contribution in [0.25, 0.3) is 17.1 Å². The van der Waals surface area contributed by atoms with Crippen LogP contribution in [-0.4, -0.2) is 29.3 Å². The number of imidazole rings is 1. The van der Waals surface area contributed by atoms with Crippen molar-refractivity contribution >= 4 is 22.9 Å².